The number of likely N-dealkylation sites (tertiary alicyclic amines) is 1. The van der Waals surface area contributed by atoms with E-state index < -0.39 is 0 Å². The molecule has 0 aromatic heterocycles. The van der Waals surface area contributed by atoms with Crippen LogP contribution in [0.4, 0.5) is 0 Å². The SMILES string of the molecule is CC1CN(C(=O)Cc2ccc(Cl)c(Cl)c2)C(CN2CCCC2)c2ccccc21.Cl. The first-order valence-electron chi connectivity index (χ1n) is 10.1. The molecule has 0 saturated carbocycles. The second kappa shape index (κ2) is 9.70. The molecule has 4 rings (SSSR count). The van der Waals surface area contributed by atoms with E-state index in [-0.39, 0.29) is 24.4 Å². The lowest BCUT2D eigenvalue weighted by Gasteiger charge is -2.42. The number of carbonyl (C=O) groups is 1. The summed E-state index contributed by atoms with van der Waals surface area (Å²) in [7, 11) is 0. The maximum atomic E-state index is 13.3. The monoisotopic (exact) mass is 452 g/mol. The van der Waals surface area contributed by atoms with Crippen LogP contribution in [-0.2, 0) is 11.2 Å². The predicted octanol–water partition coefficient (Wildman–Crippen LogP) is 5.74. The van der Waals surface area contributed by atoms with E-state index in [2.05, 4.69) is 41.0 Å². The number of carbonyl (C=O) groups excluding carboxylic acids is 1. The van der Waals surface area contributed by atoms with Crippen molar-refractivity contribution in [3.05, 3.63) is 69.2 Å². The molecule has 0 spiro atoms. The second-order valence-electron chi connectivity index (χ2n) is 8.02. The van der Waals surface area contributed by atoms with Gasteiger partial charge in [0.1, 0.15) is 0 Å². The number of rotatable bonds is 4. The number of fused-ring (bicyclic) bond motifs is 1. The summed E-state index contributed by atoms with van der Waals surface area (Å²) in [6.07, 6.45) is 2.85. The normalized spacial score (nSPS) is 21.6. The Morgan fingerprint density at radius 3 is 2.41 bits per heavy atom. The quantitative estimate of drug-likeness (QED) is 0.589. The number of benzene rings is 2. The molecule has 156 valence electrons. The molecule has 0 radical (unpaired) electrons. The van der Waals surface area contributed by atoms with Crippen LogP contribution in [0, 0.1) is 0 Å². The van der Waals surface area contributed by atoms with Gasteiger partial charge in [0.15, 0.2) is 0 Å². The van der Waals surface area contributed by atoms with E-state index in [4.69, 9.17) is 23.2 Å². The van der Waals surface area contributed by atoms with Gasteiger partial charge in [-0.25, -0.2) is 0 Å². The maximum Gasteiger partial charge on any atom is 0.227 e. The summed E-state index contributed by atoms with van der Waals surface area (Å²) in [5.41, 5.74) is 3.59. The van der Waals surface area contributed by atoms with Crippen molar-refractivity contribution in [2.75, 3.05) is 26.2 Å². The molecule has 0 N–H and O–H groups in total. The Balaban J connectivity index is 0.00000240. The Kier molecular flexibility index (Phi) is 7.50. The van der Waals surface area contributed by atoms with Crippen molar-refractivity contribution in [3.63, 3.8) is 0 Å². The van der Waals surface area contributed by atoms with Gasteiger partial charge in [-0.2, -0.15) is 0 Å². The van der Waals surface area contributed by atoms with E-state index in [1.165, 1.54) is 24.0 Å². The zero-order chi connectivity index (χ0) is 19.7. The van der Waals surface area contributed by atoms with Gasteiger partial charge < -0.3 is 9.80 Å². The predicted molar refractivity (Wildman–Crippen MR) is 122 cm³/mol. The molecule has 1 amide bonds. The molecule has 2 aromatic rings. The van der Waals surface area contributed by atoms with Gasteiger partial charge in [0, 0.05) is 13.1 Å². The lowest BCUT2D eigenvalue weighted by Crippen LogP contribution is -2.46. The fraction of sp³-hybridized carbons (Fsp3) is 0.435. The average Bonchev–Trinajstić information content (AvgIpc) is 3.20. The highest BCUT2D eigenvalue weighted by atomic mass is 35.5. The standard InChI is InChI=1S/C23H26Cl2N2O.ClH/c1-16-14-27(23(28)13-17-8-9-20(24)21(25)12-17)22(15-26-10-4-5-11-26)19-7-3-2-6-18(16)19;/h2-3,6-9,12,16,22H,4-5,10-11,13-15H2,1H3;1H. The third kappa shape index (κ3) is 4.91. The van der Waals surface area contributed by atoms with Crippen molar-refractivity contribution in [1.82, 2.24) is 9.80 Å². The highest BCUT2D eigenvalue weighted by molar-refractivity contribution is 6.42. The molecule has 1 fully saturated rings. The van der Waals surface area contributed by atoms with E-state index in [1.54, 1.807) is 12.1 Å². The van der Waals surface area contributed by atoms with Crippen molar-refractivity contribution >= 4 is 41.5 Å². The summed E-state index contributed by atoms with van der Waals surface area (Å²) in [5.74, 6) is 0.493. The van der Waals surface area contributed by atoms with E-state index in [1.807, 2.05) is 6.07 Å². The summed E-state index contributed by atoms with van der Waals surface area (Å²) in [4.78, 5) is 17.9. The lowest BCUT2D eigenvalue weighted by molar-refractivity contribution is -0.134. The van der Waals surface area contributed by atoms with Crippen LogP contribution in [0.25, 0.3) is 0 Å². The van der Waals surface area contributed by atoms with Crippen molar-refractivity contribution in [1.29, 1.82) is 0 Å². The summed E-state index contributed by atoms with van der Waals surface area (Å²) in [5, 5.41) is 1.02. The molecule has 3 nitrogen and oxygen atoms in total. The first-order valence-corrected chi connectivity index (χ1v) is 10.8. The number of hydrogen-bond donors (Lipinski definition) is 0. The molecule has 2 unspecified atom stereocenters. The van der Waals surface area contributed by atoms with Crippen LogP contribution in [0.5, 0.6) is 0 Å². The number of nitrogens with zero attached hydrogens (tertiary/aromatic N) is 2. The Hall–Kier alpha value is -1.26. The molecule has 1 saturated heterocycles. The third-order valence-electron chi connectivity index (χ3n) is 6.02. The Morgan fingerprint density at radius 2 is 1.72 bits per heavy atom. The fourth-order valence-corrected chi connectivity index (χ4v) is 4.88. The van der Waals surface area contributed by atoms with Gasteiger partial charge in [0.05, 0.1) is 22.5 Å². The van der Waals surface area contributed by atoms with Gasteiger partial charge >= 0.3 is 0 Å². The molecule has 29 heavy (non-hydrogen) atoms. The lowest BCUT2D eigenvalue weighted by atomic mass is 9.85. The summed E-state index contributed by atoms with van der Waals surface area (Å²) in [6.45, 7) is 6.14. The van der Waals surface area contributed by atoms with Crippen LogP contribution in [0.1, 0.15) is 48.4 Å². The van der Waals surface area contributed by atoms with Gasteiger partial charge in [-0.15, -0.1) is 12.4 Å². The van der Waals surface area contributed by atoms with Crippen molar-refractivity contribution in [2.45, 2.75) is 38.1 Å². The first-order chi connectivity index (χ1) is 13.5. The number of halogens is 3. The minimum absolute atomic E-state index is 0. The Labute approximate surface area is 189 Å². The zero-order valence-electron chi connectivity index (χ0n) is 16.6. The fourth-order valence-electron chi connectivity index (χ4n) is 4.56. The molecule has 2 aliphatic heterocycles. The van der Waals surface area contributed by atoms with Crippen LogP contribution in [0.2, 0.25) is 10.0 Å². The van der Waals surface area contributed by atoms with Crippen molar-refractivity contribution in [2.24, 2.45) is 0 Å². The molecule has 2 aromatic carbocycles. The van der Waals surface area contributed by atoms with Crippen molar-refractivity contribution < 1.29 is 4.79 Å². The highest BCUT2D eigenvalue weighted by Gasteiger charge is 2.35. The van der Waals surface area contributed by atoms with Crippen LogP contribution in [0.15, 0.2) is 42.5 Å². The van der Waals surface area contributed by atoms with Crippen LogP contribution >= 0.6 is 35.6 Å². The Bertz CT molecular complexity index is 867. The smallest absolute Gasteiger partial charge is 0.227 e. The number of hydrogen-bond acceptors (Lipinski definition) is 2. The minimum atomic E-state index is 0. The van der Waals surface area contributed by atoms with Gasteiger partial charge in [-0.3, -0.25) is 4.79 Å². The van der Waals surface area contributed by atoms with Gasteiger partial charge in [-0.1, -0.05) is 60.5 Å². The topological polar surface area (TPSA) is 23.6 Å². The Morgan fingerprint density at radius 1 is 1.03 bits per heavy atom. The maximum absolute atomic E-state index is 13.3. The minimum Gasteiger partial charge on any atom is -0.333 e. The molecule has 2 atom stereocenters. The van der Waals surface area contributed by atoms with E-state index in [9.17, 15) is 4.79 Å². The first kappa shape index (κ1) is 22.4. The van der Waals surface area contributed by atoms with Crippen LogP contribution in [-0.4, -0.2) is 41.9 Å². The number of amides is 1. The third-order valence-corrected chi connectivity index (χ3v) is 6.76. The van der Waals surface area contributed by atoms with Crippen LogP contribution < -0.4 is 0 Å². The average molecular weight is 454 g/mol. The van der Waals surface area contributed by atoms with Crippen molar-refractivity contribution in [3.8, 4) is 0 Å². The summed E-state index contributed by atoms with van der Waals surface area (Å²) in [6, 6.07) is 14.2. The second-order valence-corrected chi connectivity index (χ2v) is 8.84. The molecule has 2 heterocycles. The molecule has 0 bridgehead atoms. The molecular formula is C23H27Cl3N2O. The van der Waals surface area contributed by atoms with E-state index >= 15 is 0 Å². The van der Waals surface area contributed by atoms with Gasteiger partial charge in [0.25, 0.3) is 0 Å². The largest absolute Gasteiger partial charge is 0.333 e. The van der Waals surface area contributed by atoms with E-state index in [0.717, 1.165) is 31.7 Å². The molecular weight excluding hydrogens is 427 g/mol. The highest BCUT2D eigenvalue weighted by Crippen LogP contribution is 2.37. The summed E-state index contributed by atoms with van der Waals surface area (Å²) < 4.78 is 0. The zero-order valence-corrected chi connectivity index (χ0v) is 18.9. The molecule has 0 aliphatic carbocycles. The summed E-state index contributed by atoms with van der Waals surface area (Å²) >= 11 is 12.2. The molecule has 6 heteroatoms. The van der Waals surface area contributed by atoms with Gasteiger partial charge in [-0.05, 0) is 60.7 Å². The van der Waals surface area contributed by atoms with Gasteiger partial charge in [0.2, 0.25) is 5.91 Å². The molecule has 2 aliphatic rings. The van der Waals surface area contributed by atoms with E-state index in [0.29, 0.717) is 22.4 Å². The van der Waals surface area contributed by atoms with Crippen LogP contribution in [0.3, 0.4) is 0 Å².